The molecular weight excluding hydrogens is 436 g/mol. The number of piperazine rings is 1. The molecule has 1 fully saturated rings. The molecule has 0 atom stereocenters. The van der Waals surface area contributed by atoms with Crippen LogP contribution in [0.2, 0.25) is 0 Å². The third kappa shape index (κ3) is 4.09. The van der Waals surface area contributed by atoms with Gasteiger partial charge in [0, 0.05) is 62.3 Å². The first-order valence-corrected chi connectivity index (χ1v) is 12.1. The van der Waals surface area contributed by atoms with Gasteiger partial charge in [0.15, 0.2) is 5.65 Å². The zero-order valence-electron chi connectivity index (χ0n) is 19.5. The summed E-state index contributed by atoms with van der Waals surface area (Å²) in [5.74, 6) is 1.04. The number of H-pyrrole nitrogens is 1. The van der Waals surface area contributed by atoms with E-state index in [0.717, 1.165) is 71.3 Å². The van der Waals surface area contributed by atoms with Crippen molar-refractivity contribution in [3.8, 4) is 33.6 Å². The van der Waals surface area contributed by atoms with Crippen molar-refractivity contribution in [1.29, 1.82) is 0 Å². The van der Waals surface area contributed by atoms with Gasteiger partial charge in [0.25, 0.3) is 0 Å². The Balaban J connectivity index is 1.58. The molecule has 4 heterocycles. The van der Waals surface area contributed by atoms with Gasteiger partial charge in [-0.05, 0) is 11.6 Å². The SMILES string of the molecule is OCCN1CCN(c2cc(-c3ccccc3)nc3c(-c4ccccc4)c(-c4cc[nH]c4)nn23)CC1. The quantitative estimate of drug-likeness (QED) is 0.395. The van der Waals surface area contributed by atoms with Gasteiger partial charge in [-0.25, -0.2) is 4.98 Å². The van der Waals surface area contributed by atoms with Crippen molar-refractivity contribution in [3.05, 3.63) is 85.2 Å². The van der Waals surface area contributed by atoms with Gasteiger partial charge in [0.05, 0.1) is 17.9 Å². The summed E-state index contributed by atoms with van der Waals surface area (Å²) in [5.41, 5.74) is 6.94. The maximum Gasteiger partial charge on any atom is 0.166 e. The van der Waals surface area contributed by atoms with E-state index in [4.69, 9.17) is 10.1 Å². The van der Waals surface area contributed by atoms with E-state index >= 15 is 0 Å². The summed E-state index contributed by atoms with van der Waals surface area (Å²) < 4.78 is 2.01. The number of aromatic amines is 1. The largest absolute Gasteiger partial charge is 0.395 e. The van der Waals surface area contributed by atoms with Crippen LogP contribution in [0.4, 0.5) is 5.82 Å². The molecular formula is C28H28N6O. The molecule has 1 aliphatic heterocycles. The number of β-amino-alcohol motifs (C(OH)–C–C–N with tert-alkyl or cyclic N) is 1. The lowest BCUT2D eigenvalue weighted by Crippen LogP contribution is -2.47. The van der Waals surface area contributed by atoms with Gasteiger partial charge < -0.3 is 15.0 Å². The van der Waals surface area contributed by atoms with Gasteiger partial charge in [0.2, 0.25) is 0 Å². The highest BCUT2D eigenvalue weighted by Crippen LogP contribution is 2.37. The molecule has 7 nitrogen and oxygen atoms in total. The van der Waals surface area contributed by atoms with Crippen LogP contribution in [0.5, 0.6) is 0 Å². The number of benzene rings is 2. The smallest absolute Gasteiger partial charge is 0.166 e. The van der Waals surface area contributed by atoms with Gasteiger partial charge in [-0.1, -0.05) is 60.7 Å². The normalized spacial score (nSPS) is 14.6. The number of aliphatic hydroxyl groups is 1. The Hall–Kier alpha value is -3.94. The minimum absolute atomic E-state index is 0.192. The molecule has 0 radical (unpaired) electrons. The monoisotopic (exact) mass is 464 g/mol. The molecule has 1 aliphatic rings. The first kappa shape index (κ1) is 21.6. The van der Waals surface area contributed by atoms with E-state index in [-0.39, 0.29) is 6.61 Å². The summed E-state index contributed by atoms with van der Waals surface area (Å²) in [4.78, 5) is 13.0. The van der Waals surface area contributed by atoms with Crippen molar-refractivity contribution in [3.63, 3.8) is 0 Å². The average Bonchev–Trinajstić information content (AvgIpc) is 3.58. The Kier molecular flexibility index (Phi) is 5.78. The minimum atomic E-state index is 0.192. The number of aromatic nitrogens is 4. The van der Waals surface area contributed by atoms with Crippen LogP contribution < -0.4 is 4.90 Å². The molecule has 0 bridgehead atoms. The molecule has 2 N–H and O–H groups in total. The van der Waals surface area contributed by atoms with E-state index in [0.29, 0.717) is 6.54 Å². The van der Waals surface area contributed by atoms with Crippen molar-refractivity contribution < 1.29 is 5.11 Å². The molecule has 6 rings (SSSR count). The summed E-state index contributed by atoms with van der Waals surface area (Å²) in [7, 11) is 0. The number of hydrogen-bond acceptors (Lipinski definition) is 5. The first-order chi connectivity index (χ1) is 17.3. The maximum absolute atomic E-state index is 9.36. The van der Waals surface area contributed by atoms with Crippen LogP contribution in [-0.2, 0) is 0 Å². The van der Waals surface area contributed by atoms with Gasteiger partial charge in [-0.2, -0.15) is 9.61 Å². The molecule has 0 unspecified atom stereocenters. The molecule has 176 valence electrons. The molecule has 0 amide bonds. The number of fused-ring (bicyclic) bond motifs is 1. The molecule has 0 aliphatic carbocycles. The second kappa shape index (κ2) is 9.37. The molecule has 2 aromatic carbocycles. The molecule has 0 spiro atoms. The van der Waals surface area contributed by atoms with Crippen LogP contribution in [0.25, 0.3) is 39.3 Å². The van der Waals surface area contributed by atoms with Gasteiger partial charge >= 0.3 is 0 Å². The Morgan fingerprint density at radius 2 is 1.54 bits per heavy atom. The summed E-state index contributed by atoms with van der Waals surface area (Å²) in [5, 5.41) is 14.5. The van der Waals surface area contributed by atoms with E-state index in [2.05, 4.69) is 63.3 Å². The number of anilines is 1. The highest BCUT2D eigenvalue weighted by Gasteiger charge is 2.25. The van der Waals surface area contributed by atoms with Crippen molar-refractivity contribution in [1.82, 2.24) is 24.5 Å². The van der Waals surface area contributed by atoms with Crippen molar-refractivity contribution in [2.24, 2.45) is 0 Å². The second-order valence-electron chi connectivity index (χ2n) is 8.84. The fraction of sp³-hybridized carbons (Fsp3) is 0.214. The van der Waals surface area contributed by atoms with E-state index in [1.165, 1.54) is 0 Å². The lowest BCUT2D eigenvalue weighted by atomic mass is 10.0. The fourth-order valence-corrected chi connectivity index (χ4v) is 4.87. The van der Waals surface area contributed by atoms with Gasteiger partial charge in [0.1, 0.15) is 11.5 Å². The second-order valence-corrected chi connectivity index (χ2v) is 8.84. The van der Waals surface area contributed by atoms with E-state index < -0.39 is 0 Å². The maximum atomic E-state index is 9.36. The molecule has 1 saturated heterocycles. The molecule has 3 aromatic heterocycles. The van der Waals surface area contributed by atoms with Crippen molar-refractivity contribution >= 4 is 11.5 Å². The Morgan fingerprint density at radius 3 is 2.20 bits per heavy atom. The number of aliphatic hydroxyl groups excluding tert-OH is 1. The van der Waals surface area contributed by atoms with Crippen LogP contribution in [0.15, 0.2) is 85.2 Å². The summed E-state index contributed by atoms with van der Waals surface area (Å²) in [6.45, 7) is 4.45. The van der Waals surface area contributed by atoms with E-state index in [1.807, 2.05) is 41.2 Å². The standard InChI is InChI=1S/C28H28N6O/c35-18-17-32-13-15-33(16-14-32)25-19-24(21-7-3-1-4-8-21)30-28-26(22-9-5-2-6-10-22)27(31-34(25)28)23-11-12-29-20-23/h1-12,19-20,29,35H,13-18H2. The Morgan fingerprint density at radius 1 is 0.829 bits per heavy atom. The number of nitrogens with zero attached hydrogens (tertiary/aromatic N) is 5. The highest BCUT2D eigenvalue weighted by atomic mass is 16.3. The van der Waals surface area contributed by atoms with Crippen LogP contribution in [0, 0.1) is 0 Å². The van der Waals surface area contributed by atoms with Crippen LogP contribution in [-0.4, -0.2) is 68.9 Å². The average molecular weight is 465 g/mol. The molecule has 7 heteroatoms. The summed E-state index contributed by atoms with van der Waals surface area (Å²) in [6.07, 6.45) is 3.91. The number of hydrogen-bond donors (Lipinski definition) is 2. The van der Waals surface area contributed by atoms with E-state index in [9.17, 15) is 5.11 Å². The van der Waals surface area contributed by atoms with Crippen LogP contribution >= 0.6 is 0 Å². The fourth-order valence-electron chi connectivity index (χ4n) is 4.87. The van der Waals surface area contributed by atoms with Crippen molar-refractivity contribution in [2.45, 2.75) is 0 Å². The first-order valence-electron chi connectivity index (χ1n) is 12.1. The summed E-state index contributed by atoms with van der Waals surface area (Å²) >= 11 is 0. The summed E-state index contributed by atoms with van der Waals surface area (Å²) in [6, 6.07) is 24.9. The van der Waals surface area contributed by atoms with Gasteiger partial charge in [-0.15, -0.1) is 0 Å². The lowest BCUT2D eigenvalue weighted by Gasteiger charge is -2.35. The third-order valence-electron chi connectivity index (χ3n) is 6.69. The Bertz CT molecular complexity index is 1400. The predicted octanol–water partition coefficient (Wildman–Crippen LogP) is 4.17. The highest BCUT2D eigenvalue weighted by molar-refractivity contribution is 5.91. The zero-order valence-corrected chi connectivity index (χ0v) is 19.5. The molecule has 5 aromatic rings. The van der Waals surface area contributed by atoms with Crippen molar-refractivity contribution in [2.75, 3.05) is 44.2 Å². The number of rotatable bonds is 6. The third-order valence-corrected chi connectivity index (χ3v) is 6.69. The number of nitrogens with one attached hydrogen (secondary N) is 1. The zero-order chi connectivity index (χ0) is 23.6. The van der Waals surface area contributed by atoms with Crippen LogP contribution in [0.1, 0.15) is 0 Å². The molecule has 35 heavy (non-hydrogen) atoms. The Labute approximate surface area is 204 Å². The lowest BCUT2D eigenvalue weighted by molar-refractivity contribution is 0.188. The predicted molar refractivity (Wildman–Crippen MR) is 139 cm³/mol. The van der Waals surface area contributed by atoms with Crippen LogP contribution in [0.3, 0.4) is 0 Å². The minimum Gasteiger partial charge on any atom is -0.395 e. The van der Waals surface area contributed by atoms with E-state index in [1.54, 1.807) is 0 Å². The van der Waals surface area contributed by atoms with Gasteiger partial charge in [-0.3, -0.25) is 4.90 Å². The molecule has 0 saturated carbocycles. The topological polar surface area (TPSA) is 72.7 Å².